The van der Waals surface area contributed by atoms with E-state index >= 15 is 0 Å². The Balaban J connectivity index is 2.33. The maximum absolute atomic E-state index is 13.6. The van der Waals surface area contributed by atoms with Crippen LogP contribution in [0, 0.1) is 5.82 Å². The molecule has 0 saturated carbocycles. The Hall–Kier alpha value is -1.40. The SMILES string of the molecule is Nc1ccc(CS(=O)(=O)c2ccc(Br)cc2)c(F)c1. The number of halogens is 2. The number of nitrogen functional groups attached to an aromatic ring is 1. The lowest BCUT2D eigenvalue weighted by Crippen LogP contribution is -2.06. The average Bonchev–Trinajstić information content (AvgIpc) is 2.33. The lowest BCUT2D eigenvalue weighted by Gasteiger charge is -2.06. The summed E-state index contributed by atoms with van der Waals surface area (Å²) >= 11 is 3.23. The summed E-state index contributed by atoms with van der Waals surface area (Å²) in [6, 6.07) is 10.2. The molecule has 0 atom stereocenters. The van der Waals surface area contributed by atoms with Crippen LogP contribution in [-0.2, 0) is 15.6 Å². The smallest absolute Gasteiger partial charge is 0.182 e. The van der Waals surface area contributed by atoms with Gasteiger partial charge in [0.2, 0.25) is 0 Å². The van der Waals surface area contributed by atoms with Crippen molar-refractivity contribution in [2.45, 2.75) is 10.6 Å². The molecule has 0 amide bonds. The summed E-state index contributed by atoms with van der Waals surface area (Å²) in [6.07, 6.45) is 0. The van der Waals surface area contributed by atoms with Crippen molar-refractivity contribution in [2.24, 2.45) is 0 Å². The Labute approximate surface area is 119 Å². The number of rotatable bonds is 3. The number of hydrogen-bond donors (Lipinski definition) is 1. The van der Waals surface area contributed by atoms with Crippen LogP contribution < -0.4 is 5.73 Å². The van der Waals surface area contributed by atoms with Crippen molar-refractivity contribution in [3.8, 4) is 0 Å². The fourth-order valence-corrected chi connectivity index (χ4v) is 3.24. The van der Waals surface area contributed by atoms with Crippen molar-refractivity contribution < 1.29 is 12.8 Å². The predicted molar refractivity (Wildman–Crippen MR) is 75.8 cm³/mol. The molecule has 0 bridgehead atoms. The fourth-order valence-electron chi connectivity index (χ4n) is 1.61. The van der Waals surface area contributed by atoms with Crippen LogP contribution in [0.2, 0.25) is 0 Å². The molecule has 19 heavy (non-hydrogen) atoms. The van der Waals surface area contributed by atoms with E-state index in [1.165, 1.54) is 24.3 Å². The summed E-state index contributed by atoms with van der Waals surface area (Å²) in [7, 11) is -3.57. The van der Waals surface area contributed by atoms with Gasteiger partial charge in [0.25, 0.3) is 0 Å². The molecular formula is C13H11BrFNO2S. The van der Waals surface area contributed by atoms with Crippen LogP contribution in [0.1, 0.15) is 5.56 Å². The van der Waals surface area contributed by atoms with Crippen LogP contribution in [0.4, 0.5) is 10.1 Å². The first-order valence-electron chi connectivity index (χ1n) is 5.41. The first-order valence-corrected chi connectivity index (χ1v) is 7.85. The van der Waals surface area contributed by atoms with E-state index < -0.39 is 15.7 Å². The Kier molecular flexibility index (Phi) is 3.91. The molecule has 2 N–H and O–H groups in total. The average molecular weight is 344 g/mol. The van der Waals surface area contributed by atoms with Crippen LogP contribution in [0.3, 0.4) is 0 Å². The van der Waals surface area contributed by atoms with Gasteiger partial charge in [0.15, 0.2) is 9.84 Å². The van der Waals surface area contributed by atoms with E-state index in [-0.39, 0.29) is 21.9 Å². The van der Waals surface area contributed by atoms with Crippen LogP contribution in [0.25, 0.3) is 0 Å². The zero-order valence-corrected chi connectivity index (χ0v) is 12.2. The third-order valence-electron chi connectivity index (χ3n) is 2.60. The fraction of sp³-hybridized carbons (Fsp3) is 0.0769. The van der Waals surface area contributed by atoms with Gasteiger partial charge in [-0.05, 0) is 36.4 Å². The second-order valence-electron chi connectivity index (χ2n) is 4.06. The van der Waals surface area contributed by atoms with E-state index in [9.17, 15) is 12.8 Å². The Morgan fingerprint density at radius 2 is 1.74 bits per heavy atom. The number of nitrogens with two attached hydrogens (primary N) is 1. The minimum absolute atomic E-state index is 0.108. The molecule has 2 aromatic rings. The van der Waals surface area contributed by atoms with Gasteiger partial charge in [-0.1, -0.05) is 22.0 Å². The molecule has 6 heteroatoms. The van der Waals surface area contributed by atoms with Crippen molar-refractivity contribution >= 4 is 31.5 Å². The maximum atomic E-state index is 13.6. The zero-order valence-electron chi connectivity index (χ0n) is 9.81. The lowest BCUT2D eigenvalue weighted by molar-refractivity contribution is 0.587. The normalized spacial score (nSPS) is 11.5. The first-order chi connectivity index (χ1) is 8.88. The lowest BCUT2D eigenvalue weighted by atomic mass is 10.2. The molecule has 0 radical (unpaired) electrons. The van der Waals surface area contributed by atoms with Crippen LogP contribution in [0.15, 0.2) is 51.8 Å². The third kappa shape index (κ3) is 3.33. The molecular weight excluding hydrogens is 333 g/mol. The molecule has 3 nitrogen and oxygen atoms in total. The van der Waals surface area contributed by atoms with Gasteiger partial charge < -0.3 is 5.73 Å². The largest absolute Gasteiger partial charge is 0.399 e. The topological polar surface area (TPSA) is 60.2 Å². The Morgan fingerprint density at radius 1 is 1.11 bits per heavy atom. The van der Waals surface area contributed by atoms with E-state index in [0.717, 1.165) is 10.5 Å². The summed E-state index contributed by atoms with van der Waals surface area (Å²) in [5.41, 5.74) is 5.80. The number of anilines is 1. The third-order valence-corrected chi connectivity index (χ3v) is 4.81. The Morgan fingerprint density at radius 3 is 2.32 bits per heavy atom. The van der Waals surface area contributed by atoms with Gasteiger partial charge in [-0.3, -0.25) is 0 Å². The highest BCUT2D eigenvalue weighted by Gasteiger charge is 2.17. The molecule has 0 unspecified atom stereocenters. The summed E-state index contributed by atoms with van der Waals surface area (Å²) in [6.45, 7) is 0. The van der Waals surface area contributed by atoms with Gasteiger partial charge in [0, 0.05) is 15.7 Å². The van der Waals surface area contributed by atoms with Gasteiger partial charge in [-0.2, -0.15) is 0 Å². The first kappa shape index (κ1) is 14.0. The molecule has 0 heterocycles. The standard InChI is InChI=1S/C13H11BrFNO2S/c14-10-2-5-12(6-3-10)19(17,18)8-9-1-4-11(16)7-13(9)15/h1-7H,8,16H2. The van der Waals surface area contributed by atoms with Gasteiger partial charge in [0.1, 0.15) is 5.82 Å². The van der Waals surface area contributed by atoms with E-state index in [1.807, 2.05) is 0 Å². The van der Waals surface area contributed by atoms with E-state index in [0.29, 0.717) is 0 Å². The highest BCUT2D eigenvalue weighted by molar-refractivity contribution is 9.10. The second kappa shape index (κ2) is 5.30. The molecule has 2 aromatic carbocycles. The number of hydrogen-bond acceptors (Lipinski definition) is 3. The van der Waals surface area contributed by atoms with Gasteiger partial charge in [-0.25, -0.2) is 12.8 Å². The second-order valence-corrected chi connectivity index (χ2v) is 6.97. The summed E-state index contributed by atoms with van der Waals surface area (Å²) in [4.78, 5) is 0.159. The van der Waals surface area contributed by atoms with Crippen molar-refractivity contribution in [1.29, 1.82) is 0 Å². The van der Waals surface area contributed by atoms with E-state index in [4.69, 9.17) is 5.73 Å². The molecule has 0 aliphatic heterocycles. The van der Waals surface area contributed by atoms with Crippen molar-refractivity contribution in [2.75, 3.05) is 5.73 Å². The minimum Gasteiger partial charge on any atom is -0.399 e. The van der Waals surface area contributed by atoms with Crippen LogP contribution >= 0.6 is 15.9 Å². The zero-order chi connectivity index (χ0) is 14.0. The van der Waals surface area contributed by atoms with Crippen LogP contribution in [0.5, 0.6) is 0 Å². The van der Waals surface area contributed by atoms with Crippen molar-refractivity contribution in [3.63, 3.8) is 0 Å². The Bertz CT molecular complexity index is 699. The molecule has 0 spiro atoms. The van der Waals surface area contributed by atoms with Crippen molar-refractivity contribution in [3.05, 3.63) is 58.3 Å². The number of sulfone groups is 1. The maximum Gasteiger partial charge on any atom is 0.182 e. The highest BCUT2D eigenvalue weighted by atomic mass is 79.9. The van der Waals surface area contributed by atoms with Gasteiger partial charge in [-0.15, -0.1) is 0 Å². The molecule has 0 aliphatic carbocycles. The van der Waals surface area contributed by atoms with Gasteiger partial charge >= 0.3 is 0 Å². The summed E-state index contributed by atoms with van der Waals surface area (Å²) in [5.74, 6) is -0.999. The van der Waals surface area contributed by atoms with E-state index in [2.05, 4.69) is 15.9 Å². The molecule has 0 aliphatic rings. The molecule has 2 rings (SSSR count). The van der Waals surface area contributed by atoms with Gasteiger partial charge in [0.05, 0.1) is 10.6 Å². The van der Waals surface area contributed by atoms with Crippen molar-refractivity contribution in [1.82, 2.24) is 0 Å². The minimum atomic E-state index is -3.57. The molecule has 100 valence electrons. The summed E-state index contributed by atoms with van der Waals surface area (Å²) < 4.78 is 38.7. The predicted octanol–water partition coefficient (Wildman–Crippen LogP) is 3.14. The quantitative estimate of drug-likeness (QED) is 0.871. The summed E-state index contributed by atoms with van der Waals surface area (Å²) in [5, 5.41) is 0. The monoisotopic (exact) mass is 343 g/mol. The van der Waals surface area contributed by atoms with Crippen LogP contribution in [-0.4, -0.2) is 8.42 Å². The number of benzene rings is 2. The molecule has 0 fully saturated rings. The van der Waals surface area contributed by atoms with E-state index in [1.54, 1.807) is 12.1 Å². The molecule has 0 saturated heterocycles. The molecule has 0 aromatic heterocycles. The highest BCUT2D eigenvalue weighted by Crippen LogP contribution is 2.21.